The van der Waals surface area contributed by atoms with Gasteiger partial charge in [0.25, 0.3) is 0 Å². The van der Waals surface area contributed by atoms with Crippen LogP contribution in [-0.4, -0.2) is 25.2 Å². The molecule has 0 amide bonds. The summed E-state index contributed by atoms with van der Waals surface area (Å²) in [5, 5.41) is 9.94. The van der Waals surface area contributed by atoms with E-state index in [1.165, 1.54) is 38.5 Å². The molecular formula is C19H36Cl2N2Ti-2. The predicted octanol–water partition coefficient (Wildman–Crippen LogP) is 7.15. The Bertz CT molecular complexity index is 292. The zero-order chi connectivity index (χ0) is 17.9. The topological polar surface area (TPSA) is 28.2 Å². The molecule has 0 bridgehead atoms. The Labute approximate surface area is 167 Å². The van der Waals surface area contributed by atoms with Crippen LogP contribution in [0.25, 0.3) is 10.6 Å². The minimum atomic E-state index is -0.556. The van der Waals surface area contributed by atoms with Crippen molar-refractivity contribution in [2.75, 3.05) is 13.1 Å². The first kappa shape index (κ1) is 23.3. The van der Waals surface area contributed by atoms with E-state index in [9.17, 15) is 0 Å². The van der Waals surface area contributed by atoms with Crippen molar-refractivity contribution in [3.63, 3.8) is 0 Å². The Hall–Kier alpha value is 1.21. The summed E-state index contributed by atoms with van der Waals surface area (Å²) < 4.78 is 0. The molecule has 2 saturated carbocycles. The van der Waals surface area contributed by atoms with Crippen LogP contribution in [-0.2, 0) is 17.0 Å². The van der Waals surface area contributed by atoms with Gasteiger partial charge in [-0.25, -0.2) is 0 Å². The van der Waals surface area contributed by atoms with Crippen molar-refractivity contribution in [3.05, 3.63) is 10.6 Å². The summed E-state index contributed by atoms with van der Waals surface area (Å²) in [6.07, 6.45) is 9.36. The standard InChI is InChI=1S/C19H36N2.2ClH.Ti/c1-14-8-5-10-18(16(14)3)20-12-7-13-21-19-11-6-9-15(2)17(19)4;;;/h14-19H,5-13H2,1-4H3;2*1H;/q-2;;;+2/p-2. The maximum absolute atomic E-state index is 4.97. The van der Waals surface area contributed by atoms with Crippen LogP contribution in [0.15, 0.2) is 0 Å². The molecule has 0 aromatic rings. The van der Waals surface area contributed by atoms with Crippen LogP contribution < -0.4 is 0 Å². The van der Waals surface area contributed by atoms with Gasteiger partial charge in [-0.1, -0.05) is 84.5 Å². The fourth-order valence-electron chi connectivity index (χ4n) is 4.21. The minimum absolute atomic E-state index is 0.556. The zero-order valence-electron chi connectivity index (χ0n) is 16.0. The molecule has 2 aliphatic rings. The number of rotatable bonds is 6. The van der Waals surface area contributed by atoms with Crippen molar-refractivity contribution >= 4 is 18.6 Å². The summed E-state index contributed by atoms with van der Waals surface area (Å²) in [5.74, 6) is 3.30. The summed E-state index contributed by atoms with van der Waals surface area (Å²) in [4.78, 5) is 0. The van der Waals surface area contributed by atoms with Gasteiger partial charge in [-0.05, 0) is 11.8 Å². The molecule has 2 rings (SSSR count). The van der Waals surface area contributed by atoms with Gasteiger partial charge in [-0.3, -0.25) is 0 Å². The van der Waals surface area contributed by atoms with Crippen molar-refractivity contribution in [3.8, 4) is 0 Å². The first-order valence-electron chi connectivity index (χ1n) is 9.80. The van der Waals surface area contributed by atoms with Crippen LogP contribution in [0.5, 0.6) is 0 Å². The van der Waals surface area contributed by atoms with E-state index in [0.29, 0.717) is 12.1 Å². The van der Waals surface area contributed by atoms with Crippen LogP contribution in [0.3, 0.4) is 0 Å². The van der Waals surface area contributed by atoms with E-state index in [2.05, 4.69) is 27.7 Å². The maximum atomic E-state index is 4.97. The molecule has 0 saturated heterocycles. The monoisotopic (exact) mass is 410 g/mol. The molecule has 0 aromatic carbocycles. The Morgan fingerprint density at radius 1 is 0.750 bits per heavy atom. The molecule has 6 unspecified atom stereocenters. The van der Waals surface area contributed by atoms with E-state index in [0.717, 1.165) is 43.2 Å². The van der Waals surface area contributed by atoms with E-state index < -0.39 is 17.0 Å². The van der Waals surface area contributed by atoms with Gasteiger partial charge in [0.2, 0.25) is 0 Å². The molecule has 2 aliphatic carbocycles. The number of hydrogen-bond donors (Lipinski definition) is 0. The summed E-state index contributed by atoms with van der Waals surface area (Å²) in [6.45, 7) is 11.6. The van der Waals surface area contributed by atoms with E-state index in [4.69, 9.17) is 29.2 Å². The van der Waals surface area contributed by atoms with Gasteiger partial charge in [0.05, 0.1) is 0 Å². The molecule has 5 heteroatoms. The Kier molecular flexibility index (Phi) is 13.0. The van der Waals surface area contributed by atoms with Crippen molar-refractivity contribution < 1.29 is 17.0 Å². The average Bonchev–Trinajstić information content (AvgIpc) is 2.55. The van der Waals surface area contributed by atoms with Gasteiger partial charge in [0.1, 0.15) is 0 Å². The fourth-order valence-corrected chi connectivity index (χ4v) is 4.21. The molecule has 2 fully saturated rings. The second kappa shape index (κ2) is 13.4. The molecule has 0 aromatic heterocycles. The first-order valence-corrected chi connectivity index (χ1v) is 14.1. The third-order valence-electron chi connectivity index (χ3n) is 6.37. The third-order valence-corrected chi connectivity index (χ3v) is 6.37. The van der Waals surface area contributed by atoms with Crippen molar-refractivity contribution in [1.29, 1.82) is 0 Å². The van der Waals surface area contributed by atoms with Crippen LogP contribution in [0.2, 0.25) is 0 Å². The van der Waals surface area contributed by atoms with Crippen LogP contribution in [0, 0.1) is 23.7 Å². The normalized spacial score (nSPS) is 36.6. The van der Waals surface area contributed by atoms with Gasteiger partial charge < -0.3 is 10.6 Å². The van der Waals surface area contributed by atoms with Crippen LogP contribution >= 0.6 is 18.6 Å². The van der Waals surface area contributed by atoms with Gasteiger partial charge in [0, 0.05) is 0 Å². The second-order valence-corrected chi connectivity index (χ2v) is 10.5. The molecule has 142 valence electrons. The average molecular weight is 411 g/mol. The molecule has 0 radical (unpaired) electrons. The van der Waals surface area contributed by atoms with Gasteiger partial charge in [-0.2, -0.15) is 13.1 Å². The SMILES string of the molecule is CC1CCCC([N-]CCC[N-]C2CCCC(C)C2C)C1C.[Cl][Ti][Cl]. The summed E-state index contributed by atoms with van der Waals surface area (Å²) in [7, 11) is 9.78. The molecule has 0 aliphatic heterocycles. The molecular weight excluding hydrogens is 375 g/mol. The molecule has 0 N–H and O–H groups in total. The van der Waals surface area contributed by atoms with Gasteiger partial charge in [-0.15, -0.1) is 12.1 Å². The Balaban J connectivity index is 0.000000891. The number of hydrogen-bond acceptors (Lipinski definition) is 0. The molecule has 0 spiro atoms. The molecule has 2 nitrogen and oxygen atoms in total. The number of nitrogens with zero attached hydrogens (tertiary/aromatic N) is 2. The fraction of sp³-hybridized carbons (Fsp3) is 1.00. The van der Waals surface area contributed by atoms with E-state index in [-0.39, 0.29) is 0 Å². The second-order valence-electron chi connectivity index (χ2n) is 7.91. The Morgan fingerprint density at radius 2 is 1.12 bits per heavy atom. The number of halogens is 2. The quantitative estimate of drug-likeness (QED) is 0.328. The summed E-state index contributed by atoms with van der Waals surface area (Å²) in [5.41, 5.74) is 0. The van der Waals surface area contributed by atoms with Gasteiger partial charge in [0.15, 0.2) is 0 Å². The van der Waals surface area contributed by atoms with Crippen molar-refractivity contribution in [2.24, 2.45) is 23.7 Å². The predicted molar refractivity (Wildman–Crippen MR) is 105 cm³/mol. The van der Waals surface area contributed by atoms with Crippen LogP contribution in [0.1, 0.15) is 72.6 Å². The molecule has 24 heavy (non-hydrogen) atoms. The van der Waals surface area contributed by atoms with Crippen molar-refractivity contribution in [1.82, 2.24) is 0 Å². The van der Waals surface area contributed by atoms with Crippen molar-refractivity contribution in [2.45, 2.75) is 84.7 Å². The third kappa shape index (κ3) is 8.27. The Morgan fingerprint density at radius 3 is 1.50 bits per heavy atom. The van der Waals surface area contributed by atoms with Gasteiger partial charge >= 0.3 is 35.6 Å². The molecule has 0 heterocycles. The summed E-state index contributed by atoms with van der Waals surface area (Å²) in [6, 6.07) is 1.25. The summed E-state index contributed by atoms with van der Waals surface area (Å²) >= 11 is -0.556. The molecule has 6 atom stereocenters. The van der Waals surface area contributed by atoms with E-state index in [1.54, 1.807) is 0 Å². The van der Waals surface area contributed by atoms with E-state index >= 15 is 0 Å². The zero-order valence-corrected chi connectivity index (χ0v) is 19.1. The first-order chi connectivity index (χ1) is 11.5. The van der Waals surface area contributed by atoms with E-state index in [1.807, 2.05) is 0 Å². The van der Waals surface area contributed by atoms with Crippen LogP contribution in [0.4, 0.5) is 0 Å².